The predicted octanol–water partition coefficient (Wildman–Crippen LogP) is 10.9. The highest BCUT2D eigenvalue weighted by atomic mass is 32.2. The third kappa shape index (κ3) is 11.4. The summed E-state index contributed by atoms with van der Waals surface area (Å²) in [5.41, 5.74) is 1.16. The molecule has 0 aromatic heterocycles. The fourth-order valence-electron chi connectivity index (χ4n) is 9.72. The Kier molecular flexibility index (Phi) is 21.6. The van der Waals surface area contributed by atoms with Gasteiger partial charge in [0, 0.05) is 25.5 Å². The minimum atomic E-state index is 0.153. The van der Waals surface area contributed by atoms with Crippen LogP contribution in [-0.4, -0.2) is 37.4 Å². The average molecular weight is 664 g/mol. The van der Waals surface area contributed by atoms with Crippen LogP contribution in [0.25, 0.3) is 0 Å². The number of aliphatic hydroxyl groups is 2. The number of methoxy groups -OCH3 is 1. The van der Waals surface area contributed by atoms with Crippen molar-refractivity contribution in [1.29, 1.82) is 0 Å². The highest BCUT2D eigenvalue weighted by Crippen LogP contribution is 2.67. The molecule has 0 radical (unpaired) electrons. The second-order valence-corrected chi connectivity index (χ2v) is 15.0. The Balaban J connectivity index is 0.000000773. The molecule has 4 fully saturated rings. The molecule has 46 heavy (non-hydrogen) atoms. The van der Waals surface area contributed by atoms with Gasteiger partial charge in [-0.25, -0.2) is 0 Å². The van der Waals surface area contributed by atoms with E-state index in [1.165, 1.54) is 108 Å². The fraction of sp³-hybridized carbons (Fsp3) is 0.825. The Morgan fingerprint density at radius 2 is 1.54 bits per heavy atom. The van der Waals surface area contributed by atoms with Gasteiger partial charge in [-0.1, -0.05) is 86.1 Å². The van der Waals surface area contributed by atoms with Gasteiger partial charge in [-0.05, 0) is 135 Å². The maximum atomic E-state index is 12.5. The van der Waals surface area contributed by atoms with Gasteiger partial charge >= 0.3 is 0 Å². The van der Waals surface area contributed by atoms with Crippen molar-refractivity contribution in [3.8, 4) is 5.75 Å². The third-order valence-electron chi connectivity index (χ3n) is 12.0. The summed E-state index contributed by atoms with van der Waals surface area (Å²) in [5.74, 6) is 5.71. The van der Waals surface area contributed by atoms with Crippen LogP contribution >= 0.6 is 11.9 Å². The molecular formula is C40H73NO4S. The van der Waals surface area contributed by atoms with Gasteiger partial charge < -0.3 is 14.9 Å². The molecule has 268 valence electrons. The number of ether oxygens (including phenoxy) is 1. The van der Waals surface area contributed by atoms with E-state index in [-0.39, 0.29) is 5.91 Å². The van der Waals surface area contributed by atoms with E-state index in [0.29, 0.717) is 17.3 Å². The molecule has 7 atom stereocenters. The summed E-state index contributed by atoms with van der Waals surface area (Å²) < 4.78 is 8.31. The van der Waals surface area contributed by atoms with Crippen LogP contribution in [0.5, 0.6) is 5.75 Å². The van der Waals surface area contributed by atoms with E-state index in [1.807, 2.05) is 38.1 Å². The van der Waals surface area contributed by atoms with Crippen molar-refractivity contribution >= 4 is 17.9 Å². The summed E-state index contributed by atoms with van der Waals surface area (Å²) in [6, 6.07) is 7.85. The number of rotatable bonds is 10. The number of unbranched alkanes of at least 4 members (excludes halogenated alkanes) is 3. The molecule has 0 heterocycles. The predicted molar refractivity (Wildman–Crippen MR) is 198 cm³/mol. The summed E-state index contributed by atoms with van der Waals surface area (Å²) in [4.78, 5) is 13.5. The van der Waals surface area contributed by atoms with E-state index in [0.717, 1.165) is 60.9 Å². The van der Waals surface area contributed by atoms with E-state index in [9.17, 15) is 4.79 Å². The average Bonchev–Trinajstić information content (AvgIpc) is 3.45. The molecule has 5 rings (SSSR count). The maximum absolute atomic E-state index is 12.5. The van der Waals surface area contributed by atoms with Crippen molar-refractivity contribution in [3.05, 3.63) is 24.3 Å². The van der Waals surface area contributed by atoms with Crippen LogP contribution in [-0.2, 0) is 4.79 Å². The molecule has 3 N–H and O–H groups in total. The first kappa shape index (κ1) is 42.8. The molecule has 6 heteroatoms. The summed E-state index contributed by atoms with van der Waals surface area (Å²) in [6.07, 6.45) is 23.1. The Labute approximate surface area is 289 Å². The minimum absolute atomic E-state index is 0.153. The number of nitrogens with one attached hydrogen (secondary N) is 1. The lowest BCUT2D eigenvalue weighted by Crippen LogP contribution is -2.52. The quantitative estimate of drug-likeness (QED) is 0.171. The second-order valence-electron chi connectivity index (χ2n) is 14.1. The van der Waals surface area contributed by atoms with Crippen molar-refractivity contribution in [1.82, 2.24) is 4.72 Å². The van der Waals surface area contributed by atoms with Crippen LogP contribution in [0.4, 0.5) is 0 Å². The Hall–Kier alpha value is -1.24. The molecule has 0 bridgehead atoms. The van der Waals surface area contributed by atoms with Crippen LogP contribution in [0.2, 0.25) is 0 Å². The molecule has 1 aromatic carbocycles. The molecule has 0 saturated heterocycles. The van der Waals surface area contributed by atoms with E-state index < -0.39 is 0 Å². The zero-order chi connectivity index (χ0) is 34.6. The van der Waals surface area contributed by atoms with Gasteiger partial charge in [-0.2, -0.15) is 0 Å². The monoisotopic (exact) mass is 664 g/mol. The van der Waals surface area contributed by atoms with Crippen LogP contribution in [0.3, 0.4) is 0 Å². The molecule has 5 nitrogen and oxygen atoms in total. The van der Waals surface area contributed by atoms with E-state index in [1.54, 1.807) is 7.11 Å². The summed E-state index contributed by atoms with van der Waals surface area (Å²) in [6.45, 7) is 13.8. The van der Waals surface area contributed by atoms with Crippen LogP contribution < -0.4 is 9.46 Å². The highest BCUT2D eigenvalue weighted by molar-refractivity contribution is 7.98. The summed E-state index contributed by atoms with van der Waals surface area (Å²) in [5, 5.41) is 14.0. The zero-order valence-electron chi connectivity index (χ0n) is 31.3. The molecule has 4 saturated carbocycles. The topological polar surface area (TPSA) is 78.8 Å². The van der Waals surface area contributed by atoms with Gasteiger partial charge in [0.25, 0.3) is 0 Å². The molecular weight excluding hydrogens is 591 g/mol. The first-order chi connectivity index (χ1) is 22.4. The van der Waals surface area contributed by atoms with Crippen LogP contribution in [0, 0.1) is 40.4 Å². The van der Waals surface area contributed by atoms with E-state index in [4.69, 9.17) is 14.9 Å². The minimum Gasteiger partial charge on any atom is -0.497 e. The lowest BCUT2D eigenvalue weighted by Gasteiger charge is -2.60. The zero-order valence-corrected chi connectivity index (χ0v) is 32.2. The Morgan fingerprint density at radius 1 is 0.870 bits per heavy atom. The second kappa shape index (κ2) is 23.2. The number of carbonyl (C=O) groups is 1. The van der Waals surface area contributed by atoms with Crippen molar-refractivity contribution in [3.63, 3.8) is 0 Å². The molecule has 4 aliphatic carbocycles. The third-order valence-corrected chi connectivity index (χ3v) is 12.8. The molecule has 7 unspecified atom stereocenters. The molecule has 4 aliphatic rings. The van der Waals surface area contributed by atoms with E-state index in [2.05, 4.69) is 32.4 Å². The van der Waals surface area contributed by atoms with Crippen molar-refractivity contribution < 1.29 is 19.7 Å². The maximum Gasteiger partial charge on any atom is 0.230 e. The highest BCUT2D eigenvalue weighted by Gasteiger charge is 2.59. The first-order valence-corrected chi connectivity index (χ1v) is 19.7. The Bertz CT molecular complexity index is 940. The van der Waals surface area contributed by atoms with Crippen LogP contribution in [0.15, 0.2) is 29.2 Å². The fourth-order valence-corrected chi connectivity index (χ4v) is 10.4. The lowest BCUT2D eigenvalue weighted by molar-refractivity contribution is -0.119. The SMILES string of the molecule is CC.CCCCCC.CO.CO.COc1cccc(SNC(=O)CCCC2CCC3C4CCC5CCCCC5(C)C4CCC23C)c1. The number of benzene rings is 1. The van der Waals surface area contributed by atoms with Gasteiger partial charge in [0.1, 0.15) is 5.75 Å². The van der Waals surface area contributed by atoms with Gasteiger partial charge in [0.15, 0.2) is 0 Å². The lowest BCUT2D eigenvalue weighted by atomic mass is 9.45. The Morgan fingerprint density at radius 3 is 2.20 bits per heavy atom. The van der Waals surface area contributed by atoms with Crippen molar-refractivity contribution in [2.75, 3.05) is 21.3 Å². The molecule has 0 aliphatic heterocycles. The number of fused-ring (bicyclic) bond motifs is 5. The van der Waals surface area contributed by atoms with Crippen molar-refractivity contribution in [2.24, 2.45) is 40.4 Å². The van der Waals surface area contributed by atoms with Crippen molar-refractivity contribution in [2.45, 2.75) is 156 Å². The van der Waals surface area contributed by atoms with Gasteiger partial charge in [0.2, 0.25) is 5.91 Å². The van der Waals surface area contributed by atoms with Gasteiger partial charge in [0.05, 0.1) is 7.11 Å². The molecule has 0 spiro atoms. The normalized spacial score (nSPS) is 30.4. The molecule has 1 aromatic rings. The molecule has 1 amide bonds. The largest absolute Gasteiger partial charge is 0.497 e. The standard InChI is InChI=1S/C30H45NO2S.C6H14.C2H6.2CH4O/c1-29-18-5-4-8-21(29)13-15-25-26-16-14-22(30(26,2)19-17-27(25)29)9-6-12-28(32)31-34-24-11-7-10-23(20-24)33-3;1-3-5-6-4-2;3*1-2/h7,10-11,20-22,25-27H,4-6,8-9,12-19H2,1-3H3,(H,31,32);3-6H2,1-2H3;1-2H3;2*2H,1H3. The van der Waals surface area contributed by atoms with E-state index >= 15 is 0 Å². The first-order valence-electron chi connectivity index (χ1n) is 18.8. The number of hydrogen-bond donors (Lipinski definition) is 3. The number of aliphatic hydroxyl groups excluding tert-OH is 2. The van der Waals surface area contributed by atoms with Gasteiger partial charge in [-0.3, -0.25) is 9.52 Å². The smallest absolute Gasteiger partial charge is 0.230 e. The van der Waals surface area contributed by atoms with Gasteiger partial charge in [-0.15, -0.1) is 0 Å². The summed E-state index contributed by atoms with van der Waals surface area (Å²) >= 11 is 1.40. The number of amides is 1. The number of carbonyl (C=O) groups excluding carboxylic acids is 1. The summed E-state index contributed by atoms with van der Waals surface area (Å²) in [7, 11) is 3.67. The number of hydrogen-bond acceptors (Lipinski definition) is 5. The van der Waals surface area contributed by atoms with Crippen LogP contribution in [0.1, 0.15) is 151 Å².